The number of carbonyl (C=O) groups is 2. The third kappa shape index (κ3) is 3.78. The molecule has 3 rings (SSSR count). The number of anilines is 1. The van der Waals surface area contributed by atoms with E-state index in [1.54, 1.807) is 6.07 Å². The number of benzene rings is 2. The number of aromatic carboxylic acids is 2. The average Bonchev–Trinajstić information content (AvgIpc) is 2.89. The molecule has 0 amide bonds. The number of nitrogens with one attached hydrogen (secondary N) is 1. The number of rotatable bonds is 7. The van der Waals surface area contributed by atoms with Gasteiger partial charge < -0.3 is 15.5 Å². The summed E-state index contributed by atoms with van der Waals surface area (Å²) in [7, 11) is 0. The van der Waals surface area contributed by atoms with Gasteiger partial charge in [-0.1, -0.05) is 25.1 Å². The predicted octanol–water partition coefficient (Wildman–Crippen LogP) is 4.50. The highest BCUT2D eigenvalue weighted by Crippen LogP contribution is 2.43. The topological polar surface area (TPSA) is 89.6 Å². The van der Waals surface area contributed by atoms with Gasteiger partial charge in [0.25, 0.3) is 0 Å². The Balaban J connectivity index is 2.13. The fourth-order valence-corrected chi connectivity index (χ4v) is 3.90. The van der Waals surface area contributed by atoms with E-state index < -0.39 is 17.4 Å². The van der Waals surface area contributed by atoms with Gasteiger partial charge in [0.15, 0.2) is 5.71 Å². The van der Waals surface area contributed by atoms with Crippen molar-refractivity contribution in [3.05, 3.63) is 71.4 Å². The summed E-state index contributed by atoms with van der Waals surface area (Å²) in [6, 6.07) is 12.6. The van der Waals surface area contributed by atoms with E-state index in [9.17, 15) is 19.8 Å². The van der Waals surface area contributed by atoms with E-state index in [2.05, 4.69) is 5.32 Å². The zero-order valence-electron chi connectivity index (χ0n) is 16.8. The highest BCUT2D eigenvalue weighted by atomic mass is 16.4. The van der Waals surface area contributed by atoms with Crippen LogP contribution in [0.2, 0.25) is 0 Å². The van der Waals surface area contributed by atoms with E-state index in [1.807, 2.05) is 68.0 Å². The van der Waals surface area contributed by atoms with Crippen molar-refractivity contribution in [3.8, 4) is 0 Å². The second-order valence-corrected chi connectivity index (χ2v) is 7.53. The summed E-state index contributed by atoms with van der Waals surface area (Å²) in [6.07, 6.45) is 4.60. The summed E-state index contributed by atoms with van der Waals surface area (Å²) in [5.74, 6) is -2.26. The molecule has 29 heavy (non-hydrogen) atoms. The van der Waals surface area contributed by atoms with Crippen LogP contribution in [0.15, 0.2) is 54.7 Å². The summed E-state index contributed by atoms with van der Waals surface area (Å²) in [4.78, 5) is 23.5. The largest absolute Gasteiger partial charge is 0.478 e. The molecule has 150 valence electrons. The standard InChI is InChI=1S/C23H24N2O4/c1-4-12-25-18-14-15(21(26)27)13-17(22(28)29)20(18)23(2,3)19(25)10-11-24-16-8-6-5-7-9-16/h5-11,13-14H,4,12H2,1-3H3,(H2,26,27,28,29)/p+1. The van der Waals surface area contributed by atoms with Gasteiger partial charge in [-0.15, -0.1) is 0 Å². The number of carboxylic acids is 2. The second-order valence-electron chi connectivity index (χ2n) is 7.53. The number of allylic oxidation sites excluding steroid dienone is 1. The summed E-state index contributed by atoms with van der Waals surface area (Å²) < 4.78 is 2.03. The van der Waals surface area contributed by atoms with Crippen LogP contribution in [-0.4, -0.2) is 39.0 Å². The summed E-state index contributed by atoms with van der Waals surface area (Å²) in [5, 5.41) is 22.5. The van der Waals surface area contributed by atoms with Gasteiger partial charge in [-0.25, -0.2) is 9.59 Å². The fraction of sp³-hybridized carbons (Fsp3) is 0.261. The molecular formula is C23H25N2O4+. The highest BCUT2D eigenvalue weighted by molar-refractivity contribution is 6.07. The lowest BCUT2D eigenvalue weighted by Crippen LogP contribution is -2.29. The first kappa shape index (κ1) is 20.3. The highest BCUT2D eigenvalue weighted by Gasteiger charge is 2.47. The molecule has 2 aromatic carbocycles. The van der Waals surface area contributed by atoms with E-state index in [4.69, 9.17) is 0 Å². The molecule has 1 aliphatic heterocycles. The van der Waals surface area contributed by atoms with E-state index in [0.29, 0.717) is 17.8 Å². The molecule has 0 fully saturated rings. The summed E-state index contributed by atoms with van der Waals surface area (Å²) in [6.45, 7) is 6.63. The quantitative estimate of drug-likeness (QED) is 0.603. The zero-order chi connectivity index (χ0) is 21.2. The van der Waals surface area contributed by atoms with Crippen LogP contribution in [0.25, 0.3) is 0 Å². The number of carboxylic acid groups (broad SMARTS) is 2. The number of nitrogens with zero attached hydrogens (tertiary/aromatic N) is 1. The molecular weight excluding hydrogens is 368 g/mol. The van der Waals surface area contributed by atoms with Crippen LogP contribution in [0.1, 0.15) is 53.5 Å². The minimum absolute atomic E-state index is 0.0225. The van der Waals surface area contributed by atoms with Gasteiger partial charge in [-0.3, -0.25) is 0 Å². The first-order chi connectivity index (χ1) is 13.8. The lowest BCUT2D eigenvalue weighted by molar-refractivity contribution is -0.437. The number of para-hydroxylation sites is 1. The lowest BCUT2D eigenvalue weighted by Gasteiger charge is -2.18. The van der Waals surface area contributed by atoms with E-state index in [1.165, 1.54) is 6.07 Å². The van der Waals surface area contributed by atoms with Gasteiger partial charge in [0.2, 0.25) is 5.69 Å². The predicted molar refractivity (Wildman–Crippen MR) is 113 cm³/mol. The molecule has 6 heteroatoms. The molecule has 1 aliphatic rings. The Hall–Kier alpha value is -3.41. The molecule has 0 saturated carbocycles. The van der Waals surface area contributed by atoms with Gasteiger partial charge in [0.05, 0.1) is 22.1 Å². The molecule has 0 aromatic heterocycles. The minimum Gasteiger partial charge on any atom is -0.478 e. The minimum atomic E-state index is -1.14. The molecule has 0 bridgehead atoms. The van der Waals surface area contributed by atoms with Crippen LogP contribution < -0.4 is 5.32 Å². The monoisotopic (exact) mass is 393 g/mol. The summed E-state index contributed by atoms with van der Waals surface area (Å²) >= 11 is 0. The molecule has 0 radical (unpaired) electrons. The number of hydrogen-bond acceptors (Lipinski definition) is 3. The second kappa shape index (κ2) is 7.91. The van der Waals surface area contributed by atoms with Gasteiger partial charge in [-0.2, -0.15) is 4.58 Å². The van der Waals surface area contributed by atoms with Crippen molar-refractivity contribution < 1.29 is 24.4 Å². The van der Waals surface area contributed by atoms with Gasteiger partial charge in [0.1, 0.15) is 6.54 Å². The Morgan fingerprint density at radius 2 is 1.79 bits per heavy atom. The molecule has 1 heterocycles. The van der Waals surface area contributed by atoms with Crippen molar-refractivity contribution in [1.82, 2.24) is 0 Å². The molecule has 2 aromatic rings. The van der Waals surface area contributed by atoms with Gasteiger partial charge in [-0.05, 0) is 32.0 Å². The van der Waals surface area contributed by atoms with Crippen LogP contribution in [0.4, 0.5) is 11.4 Å². The Morgan fingerprint density at radius 1 is 1.10 bits per heavy atom. The molecule has 6 nitrogen and oxygen atoms in total. The molecule has 0 spiro atoms. The van der Waals surface area contributed by atoms with E-state index in [-0.39, 0.29) is 11.1 Å². The maximum Gasteiger partial charge on any atom is 0.336 e. The molecule has 0 saturated heterocycles. The Kier molecular flexibility index (Phi) is 5.55. The molecule has 3 N–H and O–H groups in total. The zero-order valence-corrected chi connectivity index (χ0v) is 16.8. The van der Waals surface area contributed by atoms with Crippen LogP contribution in [-0.2, 0) is 5.41 Å². The van der Waals surface area contributed by atoms with Crippen molar-refractivity contribution in [3.63, 3.8) is 0 Å². The lowest BCUT2D eigenvalue weighted by atomic mass is 9.78. The van der Waals surface area contributed by atoms with Crippen LogP contribution in [0.5, 0.6) is 0 Å². The normalized spacial score (nSPS) is 14.9. The Labute approximate surface area is 169 Å². The van der Waals surface area contributed by atoms with Crippen molar-refractivity contribution in [1.29, 1.82) is 0 Å². The smallest absolute Gasteiger partial charge is 0.336 e. The van der Waals surface area contributed by atoms with Crippen molar-refractivity contribution >= 4 is 29.0 Å². The first-order valence-electron chi connectivity index (χ1n) is 9.55. The Bertz CT molecular complexity index is 1020. The van der Waals surface area contributed by atoms with Crippen LogP contribution >= 0.6 is 0 Å². The third-order valence-corrected chi connectivity index (χ3v) is 5.15. The molecule has 0 atom stereocenters. The SMILES string of the molecule is CCC[N+]1=C(/C=C/Nc2ccccc2)C(C)(C)c2c(C(=O)O)cc(C(=O)O)cc21. The number of fused-ring (bicyclic) bond motifs is 1. The third-order valence-electron chi connectivity index (χ3n) is 5.15. The Morgan fingerprint density at radius 3 is 2.38 bits per heavy atom. The van der Waals surface area contributed by atoms with E-state index >= 15 is 0 Å². The first-order valence-corrected chi connectivity index (χ1v) is 9.55. The van der Waals surface area contributed by atoms with Crippen molar-refractivity contribution in [2.24, 2.45) is 0 Å². The van der Waals surface area contributed by atoms with Crippen molar-refractivity contribution in [2.75, 3.05) is 11.9 Å². The van der Waals surface area contributed by atoms with Gasteiger partial charge in [0, 0.05) is 30.5 Å². The summed E-state index contributed by atoms with van der Waals surface area (Å²) in [5.41, 5.74) is 2.57. The van der Waals surface area contributed by atoms with Crippen LogP contribution in [0.3, 0.4) is 0 Å². The van der Waals surface area contributed by atoms with Crippen molar-refractivity contribution in [2.45, 2.75) is 32.6 Å². The fourth-order valence-electron chi connectivity index (χ4n) is 3.90. The van der Waals surface area contributed by atoms with Gasteiger partial charge >= 0.3 is 11.9 Å². The maximum atomic E-state index is 11.9. The molecule has 0 aliphatic carbocycles. The van der Waals surface area contributed by atoms with E-state index in [0.717, 1.165) is 17.8 Å². The molecule has 0 unspecified atom stereocenters. The maximum absolute atomic E-state index is 11.9. The number of hydrogen-bond donors (Lipinski definition) is 3. The van der Waals surface area contributed by atoms with Crippen LogP contribution in [0, 0.1) is 0 Å². The average molecular weight is 393 g/mol.